The Kier molecular flexibility index (Phi) is 3.70. The van der Waals surface area contributed by atoms with Crippen molar-refractivity contribution in [3.8, 4) is 0 Å². The number of benzene rings is 1. The maximum absolute atomic E-state index is 6.43. The molecule has 0 aliphatic carbocycles. The van der Waals surface area contributed by atoms with Gasteiger partial charge in [0.15, 0.2) is 0 Å². The smallest absolute Gasteiger partial charge is 0.209 e. The van der Waals surface area contributed by atoms with E-state index in [2.05, 4.69) is 30.8 Å². The summed E-state index contributed by atoms with van der Waals surface area (Å²) in [5.74, 6) is 1.52. The van der Waals surface area contributed by atoms with Gasteiger partial charge in [-0.05, 0) is 51.1 Å². The summed E-state index contributed by atoms with van der Waals surface area (Å²) in [5.41, 5.74) is 3.12. The molecule has 5 heteroatoms. The first-order valence-corrected chi connectivity index (χ1v) is 8.63. The molecule has 0 radical (unpaired) electrons. The molecular weight excluding hydrogens is 324 g/mol. The summed E-state index contributed by atoms with van der Waals surface area (Å²) in [4.78, 5) is 6.85. The lowest BCUT2D eigenvalue weighted by Crippen LogP contribution is -2.18. The standard InChI is InChI=1S/C19H21ClN2O2/c1-19(2)11-23-17(21-19)7-6-15-13-10-22(3)9-8-12-14(20)4-5-16(24-15)18(12)13/h4-7H,8-11H2,1-3H3. The summed E-state index contributed by atoms with van der Waals surface area (Å²) < 4.78 is 11.7. The highest BCUT2D eigenvalue weighted by molar-refractivity contribution is 6.32. The molecule has 3 heterocycles. The second kappa shape index (κ2) is 5.64. The van der Waals surface area contributed by atoms with Gasteiger partial charge in [0.2, 0.25) is 5.90 Å². The molecular formula is C19H21ClN2O2. The third-order valence-electron chi connectivity index (χ3n) is 4.57. The first-order chi connectivity index (χ1) is 11.4. The molecule has 1 aromatic carbocycles. The van der Waals surface area contributed by atoms with E-state index in [0.29, 0.717) is 12.5 Å². The Labute approximate surface area is 146 Å². The molecule has 4 rings (SSSR count). The molecule has 0 bridgehead atoms. The van der Waals surface area contributed by atoms with E-state index in [0.717, 1.165) is 35.9 Å². The maximum atomic E-state index is 6.43. The molecule has 1 aromatic heterocycles. The van der Waals surface area contributed by atoms with Gasteiger partial charge in [-0.3, -0.25) is 0 Å². The van der Waals surface area contributed by atoms with E-state index in [4.69, 9.17) is 20.8 Å². The Morgan fingerprint density at radius 1 is 1.25 bits per heavy atom. The molecule has 0 N–H and O–H groups in total. The van der Waals surface area contributed by atoms with E-state index in [-0.39, 0.29) is 5.54 Å². The Bertz CT molecular complexity index is 864. The first kappa shape index (κ1) is 15.7. The summed E-state index contributed by atoms with van der Waals surface area (Å²) in [5, 5.41) is 1.99. The zero-order valence-corrected chi connectivity index (χ0v) is 15.0. The molecule has 0 spiro atoms. The number of hydrogen-bond acceptors (Lipinski definition) is 4. The highest BCUT2D eigenvalue weighted by Crippen LogP contribution is 2.36. The molecule has 2 aliphatic heterocycles. The quantitative estimate of drug-likeness (QED) is 0.815. The molecule has 0 unspecified atom stereocenters. The topological polar surface area (TPSA) is 38.0 Å². The fourth-order valence-corrected chi connectivity index (χ4v) is 3.61. The average Bonchev–Trinajstić information content (AvgIpc) is 2.98. The SMILES string of the molecule is CN1CCc2c(Cl)ccc3oc(C=CC4=NC(C)(C)CO4)c(c23)C1. The number of halogens is 1. The Hall–Kier alpha value is -1.78. The van der Waals surface area contributed by atoms with E-state index in [1.807, 2.05) is 24.3 Å². The number of hydrogen-bond donors (Lipinski definition) is 0. The number of rotatable bonds is 2. The summed E-state index contributed by atoms with van der Waals surface area (Å²) >= 11 is 6.43. The minimum absolute atomic E-state index is 0.153. The van der Waals surface area contributed by atoms with Crippen molar-refractivity contribution in [3.05, 3.63) is 40.1 Å². The second-order valence-corrected chi connectivity index (χ2v) is 7.62. The van der Waals surface area contributed by atoms with Crippen LogP contribution in [0.3, 0.4) is 0 Å². The summed E-state index contributed by atoms with van der Waals surface area (Å²) in [7, 11) is 2.12. The van der Waals surface area contributed by atoms with Crippen molar-refractivity contribution < 1.29 is 9.15 Å². The van der Waals surface area contributed by atoms with Crippen molar-refractivity contribution in [1.29, 1.82) is 0 Å². The van der Waals surface area contributed by atoms with Gasteiger partial charge in [-0.25, -0.2) is 4.99 Å². The summed E-state index contributed by atoms with van der Waals surface area (Å²) in [6.07, 6.45) is 4.80. The van der Waals surface area contributed by atoms with Crippen LogP contribution in [0.1, 0.15) is 30.7 Å². The zero-order chi connectivity index (χ0) is 16.9. The molecule has 2 aromatic rings. The van der Waals surface area contributed by atoms with Crippen LogP contribution in [-0.4, -0.2) is 36.5 Å². The van der Waals surface area contributed by atoms with Crippen molar-refractivity contribution >= 4 is 34.5 Å². The van der Waals surface area contributed by atoms with Crippen molar-refractivity contribution in [2.45, 2.75) is 32.4 Å². The van der Waals surface area contributed by atoms with E-state index >= 15 is 0 Å². The van der Waals surface area contributed by atoms with E-state index in [1.54, 1.807) is 0 Å². The van der Waals surface area contributed by atoms with Crippen LogP contribution in [0.25, 0.3) is 17.0 Å². The predicted octanol–water partition coefficient (Wildman–Crippen LogP) is 4.29. The van der Waals surface area contributed by atoms with Crippen molar-refractivity contribution in [3.63, 3.8) is 0 Å². The molecule has 0 amide bonds. The Balaban J connectivity index is 1.79. The van der Waals surface area contributed by atoms with Crippen LogP contribution >= 0.6 is 11.6 Å². The minimum Gasteiger partial charge on any atom is -0.475 e. The normalized spacial score (nSPS) is 20.4. The van der Waals surface area contributed by atoms with Gasteiger partial charge >= 0.3 is 0 Å². The van der Waals surface area contributed by atoms with Crippen molar-refractivity contribution in [1.82, 2.24) is 4.90 Å². The highest BCUT2D eigenvalue weighted by Gasteiger charge is 2.25. The number of likely N-dealkylation sites (N-methyl/N-ethyl adjacent to an activating group) is 1. The third kappa shape index (κ3) is 2.74. The van der Waals surface area contributed by atoms with Crippen LogP contribution in [0.15, 0.2) is 27.6 Å². The lowest BCUT2D eigenvalue weighted by Gasteiger charge is -2.12. The predicted molar refractivity (Wildman–Crippen MR) is 97.8 cm³/mol. The maximum Gasteiger partial charge on any atom is 0.209 e. The highest BCUT2D eigenvalue weighted by atomic mass is 35.5. The minimum atomic E-state index is -0.153. The van der Waals surface area contributed by atoms with E-state index in [9.17, 15) is 0 Å². The molecule has 0 saturated heterocycles. The molecule has 126 valence electrons. The van der Waals surface area contributed by atoms with E-state index in [1.165, 1.54) is 16.5 Å². The number of furan rings is 1. The van der Waals surface area contributed by atoms with Crippen molar-refractivity contribution in [2.24, 2.45) is 4.99 Å². The number of ether oxygens (including phenoxy) is 1. The monoisotopic (exact) mass is 344 g/mol. The van der Waals surface area contributed by atoms with Gasteiger partial charge in [0.25, 0.3) is 0 Å². The summed E-state index contributed by atoms with van der Waals surface area (Å²) in [6, 6.07) is 3.89. The second-order valence-electron chi connectivity index (χ2n) is 7.22. The van der Waals surface area contributed by atoms with Gasteiger partial charge < -0.3 is 14.1 Å². The molecule has 2 aliphatic rings. The van der Waals surface area contributed by atoms with Crippen LogP contribution in [0.4, 0.5) is 0 Å². The van der Waals surface area contributed by atoms with Gasteiger partial charge in [-0.2, -0.15) is 0 Å². The number of nitrogens with zero attached hydrogens (tertiary/aromatic N) is 2. The van der Waals surface area contributed by atoms with Gasteiger partial charge in [-0.1, -0.05) is 11.6 Å². The van der Waals surface area contributed by atoms with Crippen LogP contribution in [0, 0.1) is 0 Å². The fourth-order valence-electron chi connectivity index (χ4n) is 3.35. The first-order valence-electron chi connectivity index (χ1n) is 8.25. The van der Waals surface area contributed by atoms with Gasteiger partial charge in [0, 0.05) is 35.1 Å². The molecule has 0 atom stereocenters. The van der Waals surface area contributed by atoms with Crippen LogP contribution in [0.2, 0.25) is 5.02 Å². The van der Waals surface area contributed by atoms with E-state index < -0.39 is 0 Å². The van der Waals surface area contributed by atoms with Crippen molar-refractivity contribution in [2.75, 3.05) is 20.2 Å². The summed E-state index contributed by atoms with van der Waals surface area (Å²) in [6.45, 7) is 6.57. The largest absolute Gasteiger partial charge is 0.475 e. The lowest BCUT2D eigenvalue weighted by atomic mass is 10.0. The zero-order valence-electron chi connectivity index (χ0n) is 14.2. The van der Waals surface area contributed by atoms with Gasteiger partial charge in [-0.15, -0.1) is 0 Å². The Morgan fingerprint density at radius 2 is 2.08 bits per heavy atom. The van der Waals surface area contributed by atoms with Gasteiger partial charge in [0.1, 0.15) is 18.0 Å². The molecule has 0 saturated carbocycles. The third-order valence-corrected chi connectivity index (χ3v) is 4.93. The van der Waals surface area contributed by atoms with Crippen LogP contribution in [0.5, 0.6) is 0 Å². The molecule has 4 nitrogen and oxygen atoms in total. The average molecular weight is 345 g/mol. The van der Waals surface area contributed by atoms with Crippen LogP contribution < -0.4 is 0 Å². The molecule has 0 fully saturated rings. The lowest BCUT2D eigenvalue weighted by molar-refractivity contribution is 0.280. The van der Waals surface area contributed by atoms with Gasteiger partial charge in [0.05, 0.1) is 5.54 Å². The Morgan fingerprint density at radius 3 is 2.83 bits per heavy atom. The fraction of sp³-hybridized carbons (Fsp3) is 0.421. The molecule has 24 heavy (non-hydrogen) atoms. The number of aliphatic imine (C=N–C) groups is 1. The van der Waals surface area contributed by atoms with Crippen LogP contribution in [-0.2, 0) is 17.7 Å².